The van der Waals surface area contributed by atoms with Crippen LogP contribution in [0.25, 0.3) is 0 Å². The Bertz CT molecular complexity index is 374. The summed E-state index contributed by atoms with van der Waals surface area (Å²) in [6.07, 6.45) is 5.84. The van der Waals surface area contributed by atoms with Crippen LogP contribution in [-0.4, -0.2) is 22.4 Å². The molecule has 3 nitrogen and oxygen atoms in total. The number of halogens is 1. The number of likely N-dealkylation sites (N-methyl/N-ethyl adjacent to an activating group) is 1. The minimum Gasteiger partial charge on any atom is -0.314 e. The smallest absolute Gasteiger partial charge is 0.0766 e. The van der Waals surface area contributed by atoms with E-state index in [0.29, 0.717) is 6.04 Å². The van der Waals surface area contributed by atoms with E-state index in [0.717, 1.165) is 25.9 Å². The van der Waals surface area contributed by atoms with E-state index in [9.17, 15) is 0 Å². The molecule has 0 aliphatic carbocycles. The molecule has 1 heterocycles. The lowest BCUT2D eigenvalue weighted by atomic mass is 10.0. The summed E-state index contributed by atoms with van der Waals surface area (Å²) in [4.78, 5) is 0. The maximum Gasteiger partial charge on any atom is 0.0766 e. The Labute approximate surface area is 126 Å². The summed E-state index contributed by atoms with van der Waals surface area (Å²) in [5.41, 5.74) is 2.53. The zero-order valence-corrected chi connectivity index (χ0v) is 14.4. The van der Waals surface area contributed by atoms with Crippen molar-refractivity contribution in [3.05, 3.63) is 15.9 Å². The summed E-state index contributed by atoms with van der Waals surface area (Å²) in [6, 6.07) is 0.563. The van der Waals surface area contributed by atoms with E-state index < -0.39 is 0 Å². The maximum absolute atomic E-state index is 4.68. The SMILES string of the molecule is CCCCC(Cc1c(Br)c(CC)nn1CC)NCC. The van der Waals surface area contributed by atoms with Gasteiger partial charge in [0.25, 0.3) is 0 Å². The quantitative estimate of drug-likeness (QED) is 0.743. The van der Waals surface area contributed by atoms with Gasteiger partial charge in [-0.05, 0) is 42.2 Å². The molecule has 0 aromatic carbocycles. The number of nitrogens with one attached hydrogen (secondary N) is 1. The Balaban J connectivity index is 2.84. The molecule has 1 aromatic rings. The molecule has 0 saturated heterocycles. The van der Waals surface area contributed by atoms with Crippen LogP contribution >= 0.6 is 15.9 Å². The fourth-order valence-electron chi connectivity index (χ4n) is 2.46. The van der Waals surface area contributed by atoms with Crippen LogP contribution in [0.3, 0.4) is 0 Å². The highest BCUT2D eigenvalue weighted by Gasteiger charge is 2.17. The van der Waals surface area contributed by atoms with Gasteiger partial charge in [0.05, 0.1) is 15.9 Å². The molecular formula is C15H28BrN3. The van der Waals surface area contributed by atoms with E-state index in [2.05, 4.69) is 58.7 Å². The summed E-state index contributed by atoms with van der Waals surface area (Å²) in [5, 5.41) is 8.29. The predicted molar refractivity (Wildman–Crippen MR) is 85.7 cm³/mol. The van der Waals surface area contributed by atoms with Crippen molar-refractivity contribution in [1.82, 2.24) is 15.1 Å². The van der Waals surface area contributed by atoms with Crippen LogP contribution in [0.2, 0.25) is 0 Å². The van der Waals surface area contributed by atoms with Gasteiger partial charge in [-0.1, -0.05) is 33.6 Å². The second kappa shape index (κ2) is 8.75. The van der Waals surface area contributed by atoms with Crippen molar-refractivity contribution < 1.29 is 0 Å². The van der Waals surface area contributed by atoms with Crippen molar-refractivity contribution in [2.24, 2.45) is 0 Å². The minimum absolute atomic E-state index is 0.563. The Kier molecular flexibility index (Phi) is 7.69. The lowest BCUT2D eigenvalue weighted by Crippen LogP contribution is -2.31. The zero-order chi connectivity index (χ0) is 14.3. The molecule has 1 atom stereocenters. The topological polar surface area (TPSA) is 29.9 Å². The Hall–Kier alpha value is -0.350. The van der Waals surface area contributed by atoms with E-state index >= 15 is 0 Å². The third-order valence-corrected chi connectivity index (χ3v) is 4.45. The highest BCUT2D eigenvalue weighted by atomic mass is 79.9. The monoisotopic (exact) mass is 329 g/mol. The van der Waals surface area contributed by atoms with Crippen molar-refractivity contribution in [3.8, 4) is 0 Å². The number of nitrogens with zero attached hydrogens (tertiary/aromatic N) is 2. The van der Waals surface area contributed by atoms with Crippen LogP contribution in [0, 0.1) is 0 Å². The molecule has 4 heteroatoms. The third kappa shape index (κ3) is 4.60. The molecule has 0 amide bonds. The third-order valence-electron chi connectivity index (χ3n) is 3.53. The summed E-state index contributed by atoms with van der Waals surface area (Å²) < 4.78 is 3.37. The first-order chi connectivity index (χ1) is 9.17. The van der Waals surface area contributed by atoms with Crippen LogP contribution in [0.4, 0.5) is 0 Å². The zero-order valence-electron chi connectivity index (χ0n) is 12.8. The first kappa shape index (κ1) is 16.7. The number of aryl methyl sites for hydroxylation is 2. The Morgan fingerprint density at radius 2 is 2.00 bits per heavy atom. The van der Waals surface area contributed by atoms with E-state index in [-0.39, 0.29) is 0 Å². The lowest BCUT2D eigenvalue weighted by Gasteiger charge is -2.18. The molecule has 0 spiro atoms. The first-order valence-corrected chi connectivity index (χ1v) is 8.44. The molecule has 0 aliphatic rings. The van der Waals surface area contributed by atoms with Crippen LogP contribution in [0.15, 0.2) is 4.47 Å². The minimum atomic E-state index is 0.563. The van der Waals surface area contributed by atoms with Gasteiger partial charge in [-0.25, -0.2) is 0 Å². The molecule has 1 N–H and O–H groups in total. The molecule has 0 aliphatic heterocycles. The second-order valence-electron chi connectivity index (χ2n) is 4.98. The second-order valence-corrected chi connectivity index (χ2v) is 5.77. The van der Waals surface area contributed by atoms with Gasteiger partial charge in [0.15, 0.2) is 0 Å². The molecule has 19 heavy (non-hydrogen) atoms. The molecule has 0 fully saturated rings. The predicted octanol–water partition coefficient (Wildman–Crippen LogP) is 3.94. The first-order valence-electron chi connectivity index (χ1n) is 7.65. The molecule has 110 valence electrons. The Morgan fingerprint density at radius 1 is 1.26 bits per heavy atom. The van der Waals surface area contributed by atoms with Crippen molar-refractivity contribution in [2.75, 3.05) is 6.54 Å². The number of unbranched alkanes of at least 4 members (excludes halogenated alkanes) is 1. The standard InChI is InChI=1S/C15H28BrN3/c1-5-9-10-12(17-7-3)11-14-15(16)13(6-2)18-19(14)8-4/h12,17H,5-11H2,1-4H3. The lowest BCUT2D eigenvalue weighted by molar-refractivity contribution is 0.456. The fourth-order valence-corrected chi connectivity index (χ4v) is 3.19. The molecular weight excluding hydrogens is 302 g/mol. The van der Waals surface area contributed by atoms with Crippen LogP contribution in [-0.2, 0) is 19.4 Å². The van der Waals surface area contributed by atoms with E-state index in [1.807, 2.05) is 0 Å². The molecule has 1 rings (SSSR count). The van der Waals surface area contributed by atoms with Crippen LogP contribution in [0.5, 0.6) is 0 Å². The van der Waals surface area contributed by atoms with Gasteiger partial charge < -0.3 is 5.32 Å². The maximum atomic E-state index is 4.68. The number of aromatic nitrogens is 2. The van der Waals surface area contributed by atoms with Crippen molar-refractivity contribution in [1.29, 1.82) is 0 Å². The van der Waals surface area contributed by atoms with Gasteiger partial charge in [-0.3, -0.25) is 4.68 Å². The highest BCUT2D eigenvalue weighted by molar-refractivity contribution is 9.10. The molecule has 0 saturated carbocycles. The number of hydrogen-bond acceptors (Lipinski definition) is 2. The number of rotatable bonds is 9. The van der Waals surface area contributed by atoms with Gasteiger partial charge in [0, 0.05) is 19.0 Å². The van der Waals surface area contributed by atoms with Gasteiger partial charge in [0.1, 0.15) is 0 Å². The van der Waals surface area contributed by atoms with Crippen LogP contribution in [0.1, 0.15) is 58.3 Å². The fraction of sp³-hybridized carbons (Fsp3) is 0.800. The van der Waals surface area contributed by atoms with Crippen molar-refractivity contribution >= 4 is 15.9 Å². The van der Waals surface area contributed by atoms with E-state index in [1.54, 1.807) is 0 Å². The molecule has 0 radical (unpaired) electrons. The van der Waals surface area contributed by atoms with Crippen LogP contribution < -0.4 is 5.32 Å². The highest BCUT2D eigenvalue weighted by Crippen LogP contribution is 2.24. The van der Waals surface area contributed by atoms with Gasteiger partial charge in [0.2, 0.25) is 0 Å². The Morgan fingerprint density at radius 3 is 2.53 bits per heavy atom. The average Bonchev–Trinajstić information content (AvgIpc) is 2.72. The van der Waals surface area contributed by atoms with Crippen molar-refractivity contribution in [3.63, 3.8) is 0 Å². The van der Waals surface area contributed by atoms with Gasteiger partial charge in [-0.2, -0.15) is 5.10 Å². The summed E-state index contributed by atoms with van der Waals surface area (Å²) in [5.74, 6) is 0. The summed E-state index contributed by atoms with van der Waals surface area (Å²) in [6.45, 7) is 10.7. The molecule has 1 aromatic heterocycles. The number of hydrogen-bond donors (Lipinski definition) is 1. The summed E-state index contributed by atoms with van der Waals surface area (Å²) in [7, 11) is 0. The van der Waals surface area contributed by atoms with Crippen molar-refractivity contribution in [2.45, 2.75) is 72.4 Å². The molecule has 1 unspecified atom stereocenters. The average molecular weight is 330 g/mol. The largest absolute Gasteiger partial charge is 0.314 e. The normalized spacial score (nSPS) is 12.9. The van der Waals surface area contributed by atoms with Gasteiger partial charge >= 0.3 is 0 Å². The van der Waals surface area contributed by atoms with E-state index in [1.165, 1.54) is 35.1 Å². The van der Waals surface area contributed by atoms with Gasteiger partial charge in [-0.15, -0.1) is 0 Å². The molecule has 0 bridgehead atoms. The summed E-state index contributed by atoms with van der Waals surface area (Å²) >= 11 is 3.74. The van der Waals surface area contributed by atoms with E-state index in [4.69, 9.17) is 0 Å².